The fraction of sp³-hybridized carbons (Fsp3) is 0.300. The van der Waals surface area contributed by atoms with Gasteiger partial charge in [-0.25, -0.2) is 0 Å². The van der Waals surface area contributed by atoms with E-state index in [-0.39, 0.29) is 46.8 Å². The number of methoxy groups -OCH3 is 3. The second kappa shape index (κ2) is 6.58. The van der Waals surface area contributed by atoms with Gasteiger partial charge in [-0.15, -0.1) is 0 Å². The Labute approximate surface area is 120 Å². The van der Waals surface area contributed by atoms with Gasteiger partial charge in [0.2, 0.25) is 11.5 Å². The number of rotatable bonds is 4. The van der Waals surface area contributed by atoms with Gasteiger partial charge < -0.3 is 29.2 Å². The van der Waals surface area contributed by atoms with Gasteiger partial charge in [0.05, 0.1) is 27.3 Å². The fourth-order valence-corrected chi connectivity index (χ4v) is 1.30. The first-order valence-electron chi connectivity index (χ1n) is 4.30. The van der Waals surface area contributed by atoms with E-state index in [1.807, 2.05) is 0 Å². The molecule has 6 nitrogen and oxygen atoms in total. The van der Waals surface area contributed by atoms with Crippen molar-refractivity contribution in [1.29, 1.82) is 0 Å². The van der Waals surface area contributed by atoms with Crippen molar-refractivity contribution in [3.8, 4) is 23.0 Å². The van der Waals surface area contributed by atoms with Gasteiger partial charge in [-0.1, -0.05) is 0 Å². The number of carbonyl (C=O) groups is 1. The normalized spacial score (nSPS) is 9.12. The molecule has 0 saturated carbocycles. The third-order valence-corrected chi connectivity index (χ3v) is 2.02. The van der Waals surface area contributed by atoms with Gasteiger partial charge in [-0.2, -0.15) is 0 Å². The van der Waals surface area contributed by atoms with Crippen molar-refractivity contribution in [1.82, 2.24) is 0 Å². The molecule has 0 aliphatic rings. The number of hydrogen-bond acceptors (Lipinski definition) is 6. The molecule has 0 spiro atoms. The van der Waals surface area contributed by atoms with Gasteiger partial charge in [-0.05, 0) is 6.07 Å². The van der Waals surface area contributed by atoms with Crippen LogP contribution in [0.3, 0.4) is 0 Å². The Balaban J connectivity index is 0.00000256. The molecule has 0 atom stereocenters. The Morgan fingerprint density at radius 1 is 1.18 bits per heavy atom. The van der Waals surface area contributed by atoms with Crippen LogP contribution < -0.4 is 48.9 Å². The summed E-state index contributed by atoms with van der Waals surface area (Å²) in [7, 11) is 3.96. The Bertz CT molecular complexity index is 418. The number of ether oxygens (including phenoxy) is 3. The molecule has 0 heterocycles. The van der Waals surface area contributed by atoms with Gasteiger partial charge >= 0.3 is 29.6 Å². The maximum atomic E-state index is 10.7. The molecular weight excluding hydrogens is 239 g/mol. The molecule has 1 aromatic carbocycles. The topological polar surface area (TPSA) is 88.1 Å². The van der Waals surface area contributed by atoms with Crippen LogP contribution in [0.15, 0.2) is 6.07 Å². The molecular formula is C10H11NaO6. The minimum atomic E-state index is -1.53. The number of carboxylic acids is 1. The monoisotopic (exact) mass is 250 g/mol. The average molecular weight is 250 g/mol. The first kappa shape index (κ1) is 15.9. The number of carboxylic acid groups (broad SMARTS) is 1. The quantitative estimate of drug-likeness (QED) is 0.566. The predicted molar refractivity (Wildman–Crippen MR) is 52.1 cm³/mol. The number of aromatic carboxylic acids is 1. The third kappa shape index (κ3) is 2.96. The Morgan fingerprint density at radius 3 is 2.06 bits per heavy atom. The molecule has 0 aliphatic heterocycles. The van der Waals surface area contributed by atoms with Crippen LogP contribution in [-0.2, 0) is 0 Å². The summed E-state index contributed by atoms with van der Waals surface area (Å²) in [5, 5.41) is 20.3. The smallest absolute Gasteiger partial charge is 0.545 e. The van der Waals surface area contributed by atoms with Crippen LogP contribution in [0, 0.1) is 0 Å². The van der Waals surface area contributed by atoms with Gasteiger partial charge in [0.25, 0.3) is 0 Å². The SMILES string of the molecule is COc1cc(C(=O)[O-])c(O)c(OC)c1OC.[Na+]. The summed E-state index contributed by atoms with van der Waals surface area (Å²) in [6.07, 6.45) is 0. The first-order valence-corrected chi connectivity index (χ1v) is 4.30. The number of carbonyl (C=O) groups excluding carboxylic acids is 1. The first-order chi connectivity index (χ1) is 7.56. The van der Waals surface area contributed by atoms with Crippen molar-refractivity contribution < 1.29 is 58.8 Å². The van der Waals surface area contributed by atoms with E-state index in [1.54, 1.807) is 0 Å². The number of benzene rings is 1. The van der Waals surface area contributed by atoms with Crippen molar-refractivity contribution >= 4 is 5.97 Å². The summed E-state index contributed by atoms with van der Waals surface area (Å²) in [5.41, 5.74) is -0.422. The number of aromatic hydroxyl groups is 1. The van der Waals surface area contributed by atoms with Crippen LogP contribution in [0.25, 0.3) is 0 Å². The molecule has 0 fully saturated rings. The van der Waals surface area contributed by atoms with Gasteiger partial charge in [0.15, 0.2) is 11.5 Å². The van der Waals surface area contributed by atoms with Crippen LogP contribution >= 0.6 is 0 Å². The zero-order valence-corrected chi connectivity index (χ0v) is 12.1. The van der Waals surface area contributed by atoms with Crippen molar-refractivity contribution in [3.63, 3.8) is 0 Å². The van der Waals surface area contributed by atoms with Crippen LogP contribution in [0.2, 0.25) is 0 Å². The van der Waals surface area contributed by atoms with E-state index in [2.05, 4.69) is 0 Å². The van der Waals surface area contributed by atoms with Crippen LogP contribution in [0.4, 0.5) is 0 Å². The fourth-order valence-electron chi connectivity index (χ4n) is 1.30. The second-order valence-corrected chi connectivity index (χ2v) is 2.83. The van der Waals surface area contributed by atoms with E-state index >= 15 is 0 Å². The maximum Gasteiger partial charge on any atom is 1.00 e. The van der Waals surface area contributed by atoms with E-state index in [0.717, 1.165) is 6.07 Å². The molecule has 0 unspecified atom stereocenters. The molecule has 88 valence electrons. The van der Waals surface area contributed by atoms with Gasteiger partial charge in [0.1, 0.15) is 0 Å². The molecule has 0 amide bonds. The predicted octanol–water partition coefficient (Wildman–Crippen LogP) is -3.21. The maximum absolute atomic E-state index is 10.7. The third-order valence-electron chi connectivity index (χ3n) is 2.02. The van der Waals surface area contributed by atoms with Crippen LogP contribution in [0.5, 0.6) is 23.0 Å². The van der Waals surface area contributed by atoms with E-state index in [1.165, 1.54) is 21.3 Å². The van der Waals surface area contributed by atoms with E-state index in [4.69, 9.17) is 14.2 Å². The van der Waals surface area contributed by atoms with E-state index in [0.29, 0.717) is 0 Å². The second-order valence-electron chi connectivity index (χ2n) is 2.83. The minimum absolute atomic E-state index is 0. The molecule has 0 saturated heterocycles. The summed E-state index contributed by atoms with van der Waals surface area (Å²) in [4.78, 5) is 10.7. The van der Waals surface area contributed by atoms with Crippen molar-refractivity contribution in [2.45, 2.75) is 0 Å². The summed E-state index contributed by atoms with van der Waals surface area (Å²) < 4.78 is 14.7. The molecule has 17 heavy (non-hydrogen) atoms. The molecule has 1 aromatic rings. The van der Waals surface area contributed by atoms with Crippen molar-refractivity contribution in [2.75, 3.05) is 21.3 Å². The average Bonchev–Trinajstić information content (AvgIpc) is 2.27. The van der Waals surface area contributed by atoms with Crippen molar-refractivity contribution in [3.05, 3.63) is 11.6 Å². The molecule has 0 radical (unpaired) electrons. The number of hydrogen-bond donors (Lipinski definition) is 1. The van der Waals surface area contributed by atoms with Crippen LogP contribution in [0.1, 0.15) is 10.4 Å². The molecule has 0 aliphatic carbocycles. The van der Waals surface area contributed by atoms with E-state index < -0.39 is 17.3 Å². The Kier molecular flexibility index (Phi) is 6.15. The van der Waals surface area contributed by atoms with Gasteiger partial charge in [-0.3, -0.25) is 0 Å². The Hall–Kier alpha value is -1.11. The molecule has 1 rings (SSSR count). The molecule has 1 N–H and O–H groups in total. The summed E-state index contributed by atoms with van der Waals surface area (Å²) in [5.74, 6) is -1.94. The summed E-state index contributed by atoms with van der Waals surface area (Å²) in [6, 6.07) is 1.10. The molecule has 7 heteroatoms. The van der Waals surface area contributed by atoms with E-state index in [9.17, 15) is 15.0 Å². The zero-order valence-electron chi connectivity index (χ0n) is 10.1. The zero-order chi connectivity index (χ0) is 12.3. The summed E-state index contributed by atoms with van der Waals surface area (Å²) in [6.45, 7) is 0. The largest absolute Gasteiger partial charge is 1.00 e. The summed E-state index contributed by atoms with van der Waals surface area (Å²) >= 11 is 0. The number of phenols is 1. The van der Waals surface area contributed by atoms with Crippen LogP contribution in [-0.4, -0.2) is 32.4 Å². The molecule has 0 bridgehead atoms. The van der Waals surface area contributed by atoms with Crippen molar-refractivity contribution in [2.24, 2.45) is 0 Å². The standard InChI is InChI=1S/C10H12O6.Na/c1-14-6-4-5(10(12)13)7(11)9(16-3)8(6)15-2;/h4,11H,1-3H3,(H,12,13);/q;+1/p-1. The minimum Gasteiger partial charge on any atom is -0.545 e. The van der Waals surface area contributed by atoms with Gasteiger partial charge in [0, 0.05) is 5.56 Å². The molecule has 0 aromatic heterocycles. The Morgan fingerprint density at radius 2 is 1.71 bits per heavy atom.